The van der Waals surface area contributed by atoms with Crippen LogP contribution in [0.15, 0.2) is 102 Å². The molecule has 21 nitrogen and oxygen atoms in total. The number of esters is 5. The van der Waals surface area contributed by atoms with Crippen molar-refractivity contribution in [3.05, 3.63) is 119 Å². The lowest BCUT2D eigenvalue weighted by molar-refractivity contribution is -0.346. The van der Waals surface area contributed by atoms with Gasteiger partial charge in [0.15, 0.2) is 17.5 Å². The van der Waals surface area contributed by atoms with Crippen LogP contribution in [-0.4, -0.2) is 129 Å². The molecule has 3 N–H and O–H groups in total. The normalized spacial score (nSPS) is 28.9. The molecule has 3 aromatic rings. The Morgan fingerprint density at radius 1 is 0.779 bits per heavy atom. The number of carbonyl (C=O) groups is 10. The first-order valence-electron chi connectivity index (χ1n) is 25.2. The maximum Gasteiger partial charge on any atom is 0.350 e. The molecule has 0 radical (unpaired) electrons. The van der Waals surface area contributed by atoms with E-state index in [1.54, 1.807) is 66.7 Å². The minimum Gasteiger partial charge on any atom is -0.455 e. The number of aliphatic hydroxyl groups is 2. The summed E-state index contributed by atoms with van der Waals surface area (Å²) in [6, 6.07) is 22.0. The number of hydrogen-bond donors (Lipinski definition) is 3. The summed E-state index contributed by atoms with van der Waals surface area (Å²) in [6.07, 6.45) is -12.8. The summed E-state index contributed by atoms with van der Waals surface area (Å²) in [4.78, 5) is 142. The van der Waals surface area contributed by atoms with Gasteiger partial charge in [0, 0.05) is 63.4 Å². The fourth-order valence-corrected chi connectivity index (χ4v) is 11.7. The predicted molar refractivity (Wildman–Crippen MR) is 263 cm³/mol. The molecule has 21 heteroatoms. The second kappa shape index (κ2) is 21.8. The van der Waals surface area contributed by atoms with Crippen molar-refractivity contribution in [3.63, 3.8) is 0 Å². The molecule has 8 rings (SSSR count). The molecule has 3 aliphatic carbocycles. The Morgan fingerprint density at radius 3 is 1.94 bits per heavy atom. The SMILES string of the molecule is CC(=O)O[C@H]1C(=O)[C@@]2(C)[C@H]([C@H](OC(=O)c3ccccc3)[C@]3(O)C[C@H](OC(=O)[C@H](OC(=O)CCCC(=O)ON4C(=O)CCC4=O)[C@@H](NC(=O)c4ccccc4)c4ccccc4)C(C)=C1C3(C)C)[C@]1(OC(C)=O)CO[C@@H]1C[C@@H]2O. The van der Waals surface area contributed by atoms with Gasteiger partial charge in [-0.2, -0.15) is 0 Å². The van der Waals surface area contributed by atoms with Crippen LogP contribution in [0.25, 0.3) is 0 Å². The average Bonchev–Trinajstić information content (AvgIpc) is 3.88. The zero-order chi connectivity index (χ0) is 55.8. The third-order valence-corrected chi connectivity index (χ3v) is 15.7. The summed E-state index contributed by atoms with van der Waals surface area (Å²) in [7, 11) is 0. The van der Waals surface area contributed by atoms with Crippen molar-refractivity contribution in [1.82, 2.24) is 10.4 Å². The van der Waals surface area contributed by atoms with Crippen LogP contribution in [0.4, 0.5) is 0 Å². The molecule has 2 aliphatic heterocycles. The summed E-state index contributed by atoms with van der Waals surface area (Å²) in [5, 5.41) is 29.3. The van der Waals surface area contributed by atoms with Crippen LogP contribution < -0.4 is 5.32 Å². The molecular weight excluding hydrogens is 1000 g/mol. The number of nitrogens with zero attached hydrogens (tertiary/aromatic N) is 1. The lowest BCUT2D eigenvalue weighted by Gasteiger charge is -2.67. The molecule has 3 amide bonds. The molecule has 0 spiro atoms. The number of hydroxylamine groups is 2. The van der Waals surface area contributed by atoms with Gasteiger partial charge in [-0.3, -0.25) is 33.6 Å². The Bertz CT molecular complexity index is 2870. The zero-order valence-corrected chi connectivity index (χ0v) is 43.2. The van der Waals surface area contributed by atoms with E-state index in [-0.39, 0.29) is 60.1 Å². The van der Waals surface area contributed by atoms with Crippen LogP contribution in [-0.2, 0) is 71.6 Å². The molecule has 2 heterocycles. The van der Waals surface area contributed by atoms with Gasteiger partial charge in [-0.1, -0.05) is 80.6 Å². The zero-order valence-electron chi connectivity index (χ0n) is 43.2. The van der Waals surface area contributed by atoms with Gasteiger partial charge in [0.1, 0.15) is 30.0 Å². The molecule has 4 fully saturated rings. The molecule has 2 saturated carbocycles. The van der Waals surface area contributed by atoms with Crippen LogP contribution in [0.3, 0.4) is 0 Å². The van der Waals surface area contributed by atoms with Crippen molar-refractivity contribution >= 4 is 59.3 Å². The lowest BCUT2D eigenvalue weighted by atomic mass is 9.44. The van der Waals surface area contributed by atoms with E-state index in [4.69, 9.17) is 33.3 Å². The van der Waals surface area contributed by atoms with Crippen LogP contribution in [0.5, 0.6) is 0 Å². The quantitative estimate of drug-likeness (QED) is 0.0789. The number of benzene rings is 3. The standard InChI is InChI=1S/C56H60N2O19/c1-30-36(73-52(69)46(74-41(64)23-16-24-42(65)77-58-39(62)25-26-40(58)63)44(33-17-10-7-11-18-33)57-50(67)34-19-12-8-13-20-34)28-56(70)49(75-51(68)35-21-14-9-15-22-35)47-54(6,37(61)27-38-55(47,29-71-38)76-32(3)60)48(66)45(72-31(2)59)43(30)53(56,4)5/h7-15,17-22,36-38,44-47,49,61,70H,16,23-29H2,1-6H3,(H,57,67)/t36-,37-,38+,44-,45+,46+,47-,49-,54+,55-,56+/m0/s1. The van der Waals surface area contributed by atoms with Crippen molar-refractivity contribution in [2.24, 2.45) is 16.7 Å². The minimum absolute atomic E-state index is 0.00895. The molecular formula is C56H60N2O19. The molecule has 2 saturated heterocycles. The van der Waals surface area contributed by atoms with Crippen molar-refractivity contribution in [2.45, 2.75) is 140 Å². The number of aliphatic hydroxyl groups excluding tert-OH is 1. The second-order valence-electron chi connectivity index (χ2n) is 20.7. The monoisotopic (exact) mass is 1060 g/mol. The highest BCUT2D eigenvalue weighted by Gasteiger charge is 2.78. The van der Waals surface area contributed by atoms with Gasteiger partial charge in [0.25, 0.3) is 17.7 Å². The first-order chi connectivity index (χ1) is 36.4. The van der Waals surface area contributed by atoms with Gasteiger partial charge in [-0.05, 0) is 61.2 Å². The third-order valence-electron chi connectivity index (χ3n) is 15.7. The van der Waals surface area contributed by atoms with E-state index in [1.165, 1.54) is 52.0 Å². The highest BCUT2D eigenvalue weighted by Crippen LogP contribution is 2.64. The van der Waals surface area contributed by atoms with E-state index < -0.39 is 149 Å². The number of fused-ring (bicyclic) bond motifs is 5. The predicted octanol–water partition coefficient (Wildman–Crippen LogP) is 4.06. The number of imide groups is 1. The van der Waals surface area contributed by atoms with Crippen molar-refractivity contribution < 1.29 is 91.4 Å². The maximum absolute atomic E-state index is 15.8. The second-order valence-corrected chi connectivity index (χ2v) is 20.7. The largest absolute Gasteiger partial charge is 0.455 e. The fourth-order valence-electron chi connectivity index (χ4n) is 11.7. The Hall–Kier alpha value is -7.62. The van der Waals surface area contributed by atoms with Crippen molar-refractivity contribution in [3.8, 4) is 0 Å². The number of ether oxygens (including phenoxy) is 6. The van der Waals surface area contributed by atoms with Gasteiger partial charge in [-0.25, -0.2) is 14.4 Å². The van der Waals surface area contributed by atoms with Gasteiger partial charge in [-0.15, -0.1) is 5.06 Å². The van der Waals surface area contributed by atoms with E-state index >= 15 is 9.59 Å². The Kier molecular flexibility index (Phi) is 15.7. The van der Waals surface area contributed by atoms with Crippen LogP contribution in [0, 0.1) is 16.7 Å². The Labute approximate surface area is 442 Å². The topological polar surface area (TPSA) is 291 Å². The number of rotatable bonds is 16. The number of nitrogens with one attached hydrogen (secondary N) is 1. The summed E-state index contributed by atoms with van der Waals surface area (Å²) >= 11 is 0. The first-order valence-corrected chi connectivity index (χ1v) is 25.2. The van der Waals surface area contributed by atoms with Crippen LogP contribution >= 0.6 is 0 Å². The average molecular weight is 1070 g/mol. The molecule has 0 aromatic heterocycles. The molecule has 3 aromatic carbocycles. The third kappa shape index (κ3) is 10.4. The van der Waals surface area contributed by atoms with Gasteiger partial charge < -0.3 is 48.8 Å². The van der Waals surface area contributed by atoms with Gasteiger partial charge >= 0.3 is 35.8 Å². The summed E-state index contributed by atoms with van der Waals surface area (Å²) < 4.78 is 36.7. The minimum atomic E-state index is -2.53. The van der Waals surface area contributed by atoms with E-state index in [2.05, 4.69) is 5.32 Å². The number of carbonyl (C=O) groups excluding carboxylic acids is 10. The van der Waals surface area contributed by atoms with Crippen molar-refractivity contribution in [2.75, 3.05) is 6.61 Å². The smallest absolute Gasteiger partial charge is 0.350 e. The molecule has 2 bridgehead atoms. The van der Waals surface area contributed by atoms with Crippen LogP contribution in [0.2, 0.25) is 0 Å². The Balaban J connectivity index is 1.23. The van der Waals surface area contributed by atoms with Gasteiger partial charge in [0.05, 0.1) is 29.6 Å². The highest BCUT2D eigenvalue weighted by atomic mass is 16.7. The highest BCUT2D eigenvalue weighted by molar-refractivity contribution is 6.01. The van der Waals surface area contributed by atoms with E-state index in [9.17, 15) is 48.6 Å². The van der Waals surface area contributed by atoms with Gasteiger partial charge in [0.2, 0.25) is 6.10 Å². The summed E-state index contributed by atoms with van der Waals surface area (Å²) in [5.41, 5.74) is -7.95. The number of amides is 3. The number of Topliss-reactive ketones (excluding diaryl/α,β-unsaturated/α-hetero) is 1. The fraction of sp³-hybridized carbons (Fsp3) is 0.464. The first kappa shape index (κ1) is 55.6. The van der Waals surface area contributed by atoms with E-state index in [1.807, 2.05) is 0 Å². The van der Waals surface area contributed by atoms with Crippen LogP contribution in [0.1, 0.15) is 119 Å². The molecule has 5 aliphatic rings. The summed E-state index contributed by atoms with van der Waals surface area (Å²) in [6.45, 7) is 7.63. The molecule has 77 heavy (non-hydrogen) atoms. The lowest BCUT2D eigenvalue weighted by Crippen LogP contribution is -2.82. The van der Waals surface area contributed by atoms with Crippen molar-refractivity contribution in [1.29, 1.82) is 0 Å². The maximum atomic E-state index is 15.8. The Morgan fingerprint density at radius 2 is 1.36 bits per heavy atom. The molecule has 408 valence electrons. The molecule has 0 unspecified atom stereocenters. The summed E-state index contributed by atoms with van der Waals surface area (Å²) in [5.74, 6) is -10.9. The molecule has 11 atom stereocenters. The van der Waals surface area contributed by atoms with E-state index in [0.717, 1.165) is 13.8 Å². The number of ketones is 1. The number of hydrogen-bond acceptors (Lipinski definition) is 19. The van der Waals surface area contributed by atoms with E-state index in [0.29, 0.717) is 5.06 Å².